The fourth-order valence-corrected chi connectivity index (χ4v) is 1.48. The van der Waals surface area contributed by atoms with Crippen LogP contribution in [0.4, 0.5) is 0 Å². The van der Waals surface area contributed by atoms with Gasteiger partial charge in [-0.05, 0) is 32.0 Å². The highest BCUT2D eigenvalue weighted by molar-refractivity contribution is 5.98. The van der Waals surface area contributed by atoms with Gasteiger partial charge in [0.1, 0.15) is 5.84 Å². The zero-order valence-electron chi connectivity index (χ0n) is 10.5. The molecule has 94 valence electrons. The van der Waals surface area contributed by atoms with Gasteiger partial charge in [-0.1, -0.05) is 0 Å². The Balaban J connectivity index is 3.08. The molecule has 3 N–H and O–H groups in total. The van der Waals surface area contributed by atoms with E-state index in [0.29, 0.717) is 24.8 Å². The number of rotatable bonds is 5. The number of benzene rings is 1. The van der Waals surface area contributed by atoms with Gasteiger partial charge in [0.2, 0.25) is 0 Å². The molecule has 0 saturated carbocycles. The van der Waals surface area contributed by atoms with Gasteiger partial charge in [0.05, 0.1) is 13.2 Å². The van der Waals surface area contributed by atoms with Crippen molar-refractivity contribution in [3.63, 3.8) is 0 Å². The van der Waals surface area contributed by atoms with Gasteiger partial charge < -0.3 is 14.9 Å². The SMILES string of the molecule is CCOc1ccc(C(=NC)NN)cc1OCC. The van der Waals surface area contributed by atoms with Crippen molar-refractivity contribution in [2.24, 2.45) is 10.8 Å². The molecule has 0 unspecified atom stereocenters. The molecule has 0 heterocycles. The summed E-state index contributed by atoms with van der Waals surface area (Å²) < 4.78 is 11.0. The summed E-state index contributed by atoms with van der Waals surface area (Å²) in [7, 11) is 1.67. The Morgan fingerprint density at radius 1 is 1.24 bits per heavy atom. The molecule has 0 aromatic heterocycles. The van der Waals surface area contributed by atoms with Crippen LogP contribution in [0.25, 0.3) is 0 Å². The number of hydrogen-bond acceptors (Lipinski definition) is 4. The van der Waals surface area contributed by atoms with E-state index in [2.05, 4.69) is 10.4 Å². The van der Waals surface area contributed by atoms with Crippen LogP contribution in [0, 0.1) is 0 Å². The van der Waals surface area contributed by atoms with Crippen LogP contribution in [0.5, 0.6) is 11.5 Å². The molecule has 1 aromatic rings. The van der Waals surface area contributed by atoms with Crippen molar-refractivity contribution >= 4 is 5.84 Å². The molecule has 0 bridgehead atoms. The lowest BCUT2D eigenvalue weighted by atomic mass is 10.2. The number of aliphatic imine (C=N–C) groups is 1. The predicted molar refractivity (Wildman–Crippen MR) is 68.6 cm³/mol. The molecule has 0 atom stereocenters. The Morgan fingerprint density at radius 3 is 2.41 bits per heavy atom. The fraction of sp³-hybridized carbons (Fsp3) is 0.417. The molecule has 17 heavy (non-hydrogen) atoms. The van der Waals surface area contributed by atoms with Gasteiger partial charge in [0.25, 0.3) is 0 Å². The number of nitrogens with two attached hydrogens (primary N) is 1. The molecule has 0 spiro atoms. The first kappa shape index (κ1) is 13.3. The van der Waals surface area contributed by atoms with Gasteiger partial charge in [0.15, 0.2) is 11.5 Å². The number of hydrazine groups is 1. The van der Waals surface area contributed by atoms with Gasteiger partial charge in [-0.3, -0.25) is 4.99 Å². The molecule has 0 radical (unpaired) electrons. The number of hydrogen-bond donors (Lipinski definition) is 2. The standard InChI is InChI=1S/C12H19N3O2/c1-4-16-10-7-6-9(12(14-3)15-13)8-11(10)17-5-2/h6-8H,4-5,13H2,1-3H3,(H,14,15). The summed E-state index contributed by atoms with van der Waals surface area (Å²) >= 11 is 0. The lowest BCUT2D eigenvalue weighted by molar-refractivity contribution is 0.287. The smallest absolute Gasteiger partial charge is 0.161 e. The van der Waals surface area contributed by atoms with E-state index in [9.17, 15) is 0 Å². The Hall–Kier alpha value is -1.75. The van der Waals surface area contributed by atoms with Crippen molar-refractivity contribution in [1.82, 2.24) is 5.43 Å². The number of nitrogens with zero attached hydrogens (tertiary/aromatic N) is 1. The monoisotopic (exact) mass is 237 g/mol. The van der Waals surface area contributed by atoms with Crippen molar-refractivity contribution in [1.29, 1.82) is 0 Å². The molecular formula is C12H19N3O2. The van der Waals surface area contributed by atoms with Crippen LogP contribution >= 0.6 is 0 Å². The van der Waals surface area contributed by atoms with E-state index in [-0.39, 0.29) is 0 Å². The van der Waals surface area contributed by atoms with Crippen LogP contribution in [0.2, 0.25) is 0 Å². The summed E-state index contributed by atoms with van der Waals surface area (Å²) in [6, 6.07) is 5.60. The fourth-order valence-electron chi connectivity index (χ4n) is 1.48. The lowest BCUT2D eigenvalue weighted by Crippen LogP contribution is -2.30. The first-order valence-electron chi connectivity index (χ1n) is 5.60. The number of nitrogens with one attached hydrogen (secondary N) is 1. The minimum atomic E-state index is 0.582. The molecule has 0 saturated heterocycles. The minimum Gasteiger partial charge on any atom is -0.490 e. The van der Waals surface area contributed by atoms with Gasteiger partial charge in [-0.25, -0.2) is 5.84 Å². The maximum atomic E-state index is 5.52. The van der Waals surface area contributed by atoms with E-state index in [1.54, 1.807) is 7.05 Å². The summed E-state index contributed by atoms with van der Waals surface area (Å²) in [5.74, 6) is 7.41. The Kier molecular flexibility index (Phi) is 5.29. The van der Waals surface area contributed by atoms with E-state index >= 15 is 0 Å². The molecule has 0 aliphatic heterocycles. The normalized spacial score (nSPS) is 11.2. The maximum Gasteiger partial charge on any atom is 0.161 e. The average Bonchev–Trinajstić information content (AvgIpc) is 2.34. The van der Waals surface area contributed by atoms with Gasteiger partial charge in [-0.15, -0.1) is 0 Å². The molecule has 1 rings (SSSR count). The third-order valence-corrected chi connectivity index (χ3v) is 2.18. The van der Waals surface area contributed by atoms with Crippen LogP contribution in [0.1, 0.15) is 19.4 Å². The summed E-state index contributed by atoms with van der Waals surface area (Å²) in [6.07, 6.45) is 0. The Morgan fingerprint density at radius 2 is 1.88 bits per heavy atom. The first-order chi connectivity index (χ1) is 8.26. The van der Waals surface area contributed by atoms with E-state index in [1.807, 2.05) is 32.0 Å². The molecular weight excluding hydrogens is 218 g/mol. The summed E-state index contributed by atoms with van der Waals surface area (Å²) in [5.41, 5.74) is 3.41. The molecule has 0 fully saturated rings. The Labute approximate surface area is 102 Å². The second-order valence-corrected chi connectivity index (χ2v) is 3.24. The second-order valence-electron chi connectivity index (χ2n) is 3.24. The minimum absolute atomic E-state index is 0.582. The predicted octanol–water partition coefficient (Wildman–Crippen LogP) is 1.32. The molecule has 0 aliphatic rings. The largest absolute Gasteiger partial charge is 0.490 e. The second kappa shape index (κ2) is 6.75. The van der Waals surface area contributed by atoms with Crippen LogP contribution in [0.3, 0.4) is 0 Å². The maximum absolute atomic E-state index is 5.52. The molecule has 5 nitrogen and oxygen atoms in total. The van der Waals surface area contributed by atoms with Crippen molar-refractivity contribution in [3.8, 4) is 11.5 Å². The van der Waals surface area contributed by atoms with Gasteiger partial charge in [0, 0.05) is 12.6 Å². The topological polar surface area (TPSA) is 68.9 Å². The zero-order chi connectivity index (χ0) is 12.7. The molecule has 0 amide bonds. The highest BCUT2D eigenvalue weighted by Crippen LogP contribution is 2.28. The van der Waals surface area contributed by atoms with E-state index < -0.39 is 0 Å². The molecule has 1 aromatic carbocycles. The highest BCUT2D eigenvalue weighted by Gasteiger charge is 2.08. The molecule has 5 heteroatoms. The Bertz CT molecular complexity index is 391. The van der Waals surface area contributed by atoms with Crippen molar-refractivity contribution in [2.75, 3.05) is 20.3 Å². The molecule has 0 aliphatic carbocycles. The van der Waals surface area contributed by atoms with E-state index in [0.717, 1.165) is 11.3 Å². The average molecular weight is 237 g/mol. The third kappa shape index (κ3) is 3.35. The quantitative estimate of drug-likeness (QED) is 0.351. The van der Waals surface area contributed by atoms with Crippen LogP contribution in [-0.2, 0) is 0 Å². The summed E-state index contributed by atoms with van der Waals surface area (Å²) in [5, 5.41) is 0. The van der Waals surface area contributed by atoms with E-state index in [4.69, 9.17) is 15.3 Å². The first-order valence-corrected chi connectivity index (χ1v) is 5.60. The van der Waals surface area contributed by atoms with Crippen molar-refractivity contribution in [2.45, 2.75) is 13.8 Å². The van der Waals surface area contributed by atoms with Crippen molar-refractivity contribution in [3.05, 3.63) is 23.8 Å². The van der Waals surface area contributed by atoms with E-state index in [1.165, 1.54) is 0 Å². The number of amidine groups is 1. The van der Waals surface area contributed by atoms with Gasteiger partial charge in [-0.2, -0.15) is 0 Å². The number of ether oxygens (including phenoxy) is 2. The van der Waals surface area contributed by atoms with Crippen LogP contribution in [0.15, 0.2) is 23.2 Å². The highest BCUT2D eigenvalue weighted by atomic mass is 16.5. The summed E-state index contributed by atoms with van der Waals surface area (Å²) in [6.45, 7) is 5.05. The zero-order valence-corrected chi connectivity index (χ0v) is 10.5. The third-order valence-electron chi connectivity index (χ3n) is 2.18. The lowest BCUT2D eigenvalue weighted by Gasteiger charge is -2.13. The van der Waals surface area contributed by atoms with Crippen LogP contribution in [-0.4, -0.2) is 26.1 Å². The summed E-state index contributed by atoms with van der Waals surface area (Å²) in [4.78, 5) is 4.04. The van der Waals surface area contributed by atoms with Crippen molar-refractivity contribution < 1.29 is 9.47 Å². The van der Waals surface area contributed by atoms with Crippen LogP contribution < -0.4 is 20.7 Å². The van der Waals surface area contributed by atoms with Gasteiger partial charge >= 0.3 is 0 Å².